The third-order valence-corrected chi connectivity index (χ3v) is 1.55. The summed E-state index contributed by atoms with van der Waals surface area (Å²) >= 11 is 0. The van der Waals surface area contributed by atoms with E-state index in [1.165, 1.54) is 0 Å². The Balaban J connectivity index is 2.53. The predicted molar refractivity (Wildman–Crippen MR) is 29.0 cm³/mol. The van der Waals surface area contributed by atoms with Crippen LogP contribution in [0.4, 0.5) is 4.39 Å². The molecule has 54 valence electrons. The van der Waals surface area contributed by atoms with Gasteiger partial charge in [-0.3, -0.25) is 0 Å². The summed E-state index contributed by atoms with van der Waals surface area (Å²) in [6.07, 6.45) is 1.23. The van der Waals surface area contributed by atoms with Crippen LogP contribution in [0.1, 0.15) is 12.8 Å². The SMILES string of the molecule is CS(=O)(=O)OC1(F)CC1. The van der Waals surface area contributed by atoms with Crippen molar-refractivity contribution in [2.24, 2.45) is 0 Å². The molecule has 9 heavy (non-hydrogen) atoms. The summed E-state index contributed by atoms with van der Waals surface area (Å²) < 4.78 is 36.9. The molecule has 0 heterocycles. The van der Waals surface area contributed by atoms with Crippen LogP contribution in [0.3, 0.4) is 0 Å². The molecule has 0 aliphatic heterocycles. The summed E-state index contributed by atoms with van der Waals surface area (Å²) in [7, 11) is -3.59. The molecule has 0 amide bonds. The summed E-state index contributed by atoms with van der Waals surface area (Å²) in [5.41, 5.74) is 0. The Labute approximate surface area is 52.9 Å². The smallest absolute Gasteiger partial charge is 0.230 e. The maximum atomic E-state index is 12.4. The second-order valence-electron chi connectivity index (χ2n) is 2.17. The maximum Gasteiger partial charge on any atom is 0.267 e. The second kappa shape index (κ2) is 1.67. The molecule has 0 aromatic rings. The molecule has 3 nitrogen and oxygen atoms in total. The average molecular weight is 154 g/mol. The van der Waals surface area contributed by atoms with Crippen molar-refractivity contribution < 1.29 is 17.0 Å². The molecule has 0 unspecified atom stereocenters. The highest BCUT2D eigenvalue weighted by Crippen LogP contribution is 2.41. The fourth-order valence-corrected chi connectivity index (χ4v) is 1.16. The van der Waals surface area contributed by atoms with E-state index in [9.17, 15) is 12.8 Å². The molecular weight excluding hydrogens is 147 g/mol. The fraction of sp³-hybridized carbons (Fsp3) is 1.00. The lowest BCUT2D eigenvalue weighted by atomic mass is 10.8. The highest BCUT2D eigenvalue weighted by atomic mass is 32.2. The van der Waals surface area contributed by atoms with Crippen LogP contribution in [0.2, 0.25) is 0 Å². The van der Waals surface area contributed by atoms with Gasteiger partial charge in [0.2, 0.25) is 5.85 Å². The summed E-state index contributed by atoms with van der Waals surface area (Å²) in [4.78, 5) is 0. The van der Waals surface area contributed by atoms with E-state index in [1.807, 2.05) is 0 Å². The van der Waals surface area contributed by atoms with Crippen LogP contribution in [0.25, 0.3) is 0 Å². The summed E-state index contributed by atoms with van der Waals surface area (Å²) in [5.74, 6) is -1.85. The van der Waals surface area contributed by atoms with Crippen LogP contribution >= 0.6 is 0 Å². The zero-order valence-corrected chi connectivity index (χ0v) is 5.74. The molecule has 0 aromatic heterocycles. The lowest BCUT2D eigenvalue weighted by Gasteiger charge is -2.01. The van der Waals surface area contributed by atoms with Crippen LogP contribution in [-0.2, 0) is 14.3 Å². The van der Waals surface area contributed by atoms with Gasteiger partial charge in [-0.25, -0.2) is 8.57 Å². The standard InChI is InChI=1S/C4H7FO3S/c1-9(6,7)8-4(5)2-3-4/h2-3H2,1H3. The van der Waals surface area contributed by atoms with E-state index in [0.29, 0.717) is 0 Å². The van der Waals surface area contributed by atoms with Gasteiger partial charge in [0.05, 0.1) is 6.26 Å². The molecule has 0 radical (unpaired) electrons. The molecule has 0 N–H and O–H groups in total. The van der Waals surface area contributed by atoms with Crippen LogP contribution in [0.15, 0.2) is 0 Å². The molecule has 0 atom stereocenters. The van der Waals surface area contributed by atoms with Gasteiger partial charge in [-0.15, -0.1) is 0 Å². The van der Waals surface area contributed by atoms with E-state index in [2.05, 4.69) is 4.18 Å². The normalized spacial score (nSPS) is 23.8. The van der Waals surface area contributed by atoms with E-state index in [-0.39, 0.29) is 12.8 Å². The Morgan fingerprint density at radius 1 is 1.56 bits per heavy atom. The molecule has 0 bridgehead atoms. The molecule has 0 saturated heterocycles. The third-order valence-electron chi connectivity index (χ3n) is 0.944. The van der Waals surface area contributed by atoms with E-state index in [1.54, 1.807) is 0 Å². The van der Waals surface area contributed by atoms with Gasteiger partial charge in [-0.1, -0.05) is 0 Å². The number of halogens is 1. The molecule has 5 heteroatoms. The van der Waals surface area contributed by atoms with Gasteiger partial charge in [-0.05, 0) is 0 Å². The van der Waals surface area contributed by atoms with Crippen molar-refractivity contribution in [3.63, 3.8) is 0 Å². The van der Waals surface area contributed by atoms with Crippen molar-refractivity contribution in [1.82, 2.24) is 0 Å². The largest absolute Gasteiger partial charge is 0.267 e. The molecule has 0 aromatic carbocycles. The molecule has 0 spiro atoms. The van der Waals surface area contributed by atoms with Crippen molar-refractivity contribution in [3.05, 3.63) is 0 Å². The fourth-order valence-electron chi connectivity index (χ4n) is 0.453. The van der Waals surface area contributed by atoms with Crippen LogP contribution in [0, 0.1) is 0 Å². The lowest BCUT2D eigenvalue weighted by molar-refractivity contribution is 0.0483. The number of rotatable bonds is 2. The van der Waals surface area contributed by atoms with Crippen LogP contribution in [0.5, 0.6) is 0 Å². The van der Waals surface area contributed by atoms with Crippen molar-refractivity contribution in [3.8, 4) is 0 Å². The van der Waals surface area contributed by atoms with Gasteiger partial charge in [-0.2, -0.15) is 8.42 Å². The first-order valence-corrected chi connectivity index (χ1v) is 4.32. The topological polar surface area (TPSA) is 43.4 Å². The van der Waals surface area contributed by atoms with Gasteiger partial charge >= 0.3 is 0 Å². The minimum absolute atomic E-state index is 0.195. The van der Waals surface area contributed by atoms with Crippen molar-refractivity contribution in [1.29, 1.82) is 0 Å². The van der Waals surface area contributed by atoms with Crippen molar-refractivity contribution >= 4 is 10.1 Å². The minimum atomic E-state index is -3.59. The third kappa shape index (κ3) is 2.28. The Bertz CT molecular complexity index is 204. The average Bonchev–Trinajstić information content (AvgIpc) is 2.12. The van der Waals surface area contributed by atoms with E-state index < -0.39 is 16.0 Å². The maximum absolute atomic E-state index is 12.4. The number of alkyl halides is 1. The molecule has 1 aliphatic carbocycles. The molecule has 1 saturated carbocycles. The Morgan fingerprint density at radius 2 is 2.00 bits per heavy atom. The quantitative estimate of drug-likeness (QED) is 0.541. The van der Waals surface area contributed by atoms with Crippen LogP contribution < -0.4 is 0 Å². The van der Waals surface area contributed by atoms with Gasteiger partial charge in [0, 0.05) is 12.8 Å². The molecule has 1 rings (SSSR count). The predicted octanol–water partition coefficient (Wildman–Crippen LogP) is 0.422. The van der Waals surface area contributed by atoms with Gasteiger partial charge < -0.3 is 0 Å². The zero-order valence-electron chi connectivity index (χ0n) is 4.93. The lowest BCUT2D eigenvalue weighted by Crippen LogP contribution is -2.12. The summed E-state index contributed by atoms with van der Waals surface area (Å²) in [6.45, 7) is 0. The van der Waals surface area contributed by atoms with E-state index in [4.69, 9.17) is 0 Å². The monoisotopic (exact) mass is 154 g/mol. The molecule has 1 fully saturated rings. The highest BCUT2D eigenvalue weighted by Gasteiger charge is 2.47. The number of hydrogen-bond acceptors (Lipinski definition) is 3. The van der Waals surface area contributed by atoms with Crippen molar-refractivity contribution in [2.45, 2.75) is 18.7 Å². The first-order valence-electron chi connectivity index (χ1n) is 2.51. The second-order valence-corrected chi connectivity index (χ2v) is 3.75. The molecular formula is C4H7FO3S. The Hall–Kier alpha value is -0.160. The molecule has 1 aliphatic rings. The Morgan fingerprint density at radius 3 is 2.11 bits per heavy atom. The van der Waals surface area contributed by atoms with Gasteiger partial charge in [0.25, 0.3) is 10.1 Å². The summed E-state index contributed by atoms with van der Waals surface area (Å²) in [5, 5.41) is 0. The van der Waals surface area contributed by atoms with E-state index >= 15 is 0 Å². The first-order chi connectivity index (χ1) is 3.91. The number of hydrogen-bond donors (Lipinski definition) is 0. The highest BCUT2D eigenvalue weighted by molar-refractivity contribution is 7.86. The van der Waals surface area contributed by atoms with Gasteiger partial charge in [0.15, 0.2) is 0 Å². The summed E-state index contributed by atoms with van der Waals surface area (Å²) in [6, 6.07) is 0. The van der Waals surface area contributed by atoms with Gasteiger partial charge in [0.1, 0.15) is 0 Å². The Kier molecular flexibility index (Phi) is 1.29. The first kappa shape index (κ1) is 6.95. The van der Waals surface area contributed by atoms with Crippen LogP contribution in [-0.4, -0.2) is 20.5 Å². The minimum Gasteiger partial charge on any atom is -0.230 e. The van der Waals surface area contributed by atoms with E-state index in [0.717, 1.165) is 6.26 Å². The zero-order chi connectivity index (χ0) is 7.12. The van der Waals surface area contributed by atoms with Crippen molar-refractivity contribution in [2.75, 3.05) is 6.26 Å².